The fourth-order valence-electron chi connectivity index (χ4n) is 1.99. The van der Waals surface area contributed by atoms with Crippen LogP contribution in [0.4, 0.5) is 0 Å². The third-order valence-electron chi connectivity index (χ3n) is 3.26. The molecule has 110 valence electrons. The number of amides is 2. The van der Waals surface area contributed by atoms with Crippen molar-refractivity contribution < 1.29 is 14.3 Å². The molecule has 19 heavy (non-hydrogen) atoms. The van der Waals surface area contributed by atoms with E-state index < -0.39 is 12.1 Å². The molecule has 0 radical (unpaired) electrons. The molecule has 6 heteroatoms. The Morgan fingerprint density at radius 2 is 2.00 bits per heavy atom. The van der Waals surface area contributed by atoms with Crippen LogP contribution in [0, 0.1) is 0 Å². The van der Waals surface area contributed by atoms with Crippen LogP contribution >= 0.6 is 0 Å². The number of nitrogens with zero attached hydrogens (tertiary/aromatic N) is 1. The maximum Gasteiger partial charge on any atom is 0.245 e. The van der Waals surface area contributed by atoms with Gasteiger partial charge in [-0.25, -0.2) is 0 Å². The molecule has 1 aliphatic rings. The molecule has 1 heterocycles. The summed E-state index contributed by atoms with van der Waals surface area (Å²) in [6, 6.07) is -1.06. The normalized spacial score (nSPS) is 18.8. The minimum absolute atomic E-state index is 0.0701. The summed E-state index contributed by atoms with van der Waals surface area (Å²) in [4.78, 5) is 25.6. The molecular weight excluding hydrogens is 246 g/mol. The molecule has 2 amide bonds. The second kappa shape index (κ2) is 8.12. The van der Waals surface area contributed by atoms with Crippen LogP contribution in [0.5, 0.6) is 0 Å². The van der Waals surface area contributed by atoms with Crippen LogP contribution in [0.1, 0.15) is 33.1 Å². The van der Waals surface area contributed by atoms with Crippen molar-refractivity contribution in [2.24, 2.45) is 5.73 Å². The highest BCUT2D eigenvalue weighted by atomic mass is 16.5. The molecule has 0 bridgehead atoms. The zero-order valence-electron chi connectivity index (χ0n) is 11.9. The van der Waals surface area contributed by atoms with Crippen LogP contribution in [-0.4, -0.2) is 55.1 Å². The molecule has 3 N–H and O–H groups in total. The number of carbonyl (C=O) groups excluding carboxylic acids is 2. The van der Waals surface area contributed by atoms with Crippen LogP contribution in [0.3, 0.4) is 0 Å². The van der Waals surface area contributed by atoms with Gasteiger partial charge in [0.25, 0.3) is 0 Å². The second-order valence-corrected chi connectivity index (χ2v) is 4.92. The molecule has 0 aromatic heterocycles. The van der Waals surface area contributed by atoms with Crippen molar-refractivity contribution in [2.45, 2.75) is 45.2 Å². The molecule has 1 unspecified atom stereocenters. The summed E-state index contributed by atoms with van der Waals surface area (Å²) in [7, 11) is 0. The van der Waals surface area contributed by atoms with E-state index in [0.717, 1.165) is 12.8 Å². The molecule has 0 saturated carbocycles. The molecule has 0 spiro atoms. The fourth-order valence-corrected chi connectivity index (χ4v) is 1.99. The van der Waals surface area contributed by atoms with E-state index in [0.29, 0.717) is 32.7 Å². The Bertz CT molecular complexity index is 304. The largest absolute Gasteiger partial charge is 0.378 e. The van der Waals surface area contributed by atoms with Gasteiger partial charge in [-0.2, -0.15) is 0 Å². The highest BCUT2D eigenvalue weighted by Crippen LogP contribution is 2.02. The van der Waals surface area contributed by atoms with E-state index in [4.69, 9.17) is 10.5 Å². The molecule has 1 saturated heterocycles. The average Bonchev–Trinajstić information content (AvgIpc) is 2.44. The van der Waals surface area contributed by atoms with Gasteiger partial charge in [0.1, 0.15) is 6.04 Å². The number of hydrogen-bond donors (Lipinski definition) is 2. The van der Waals surface area contributed by atoms with Crippen molar-refractivity contribution in [1.29, 1.82) is 0 Å². The van der Waals surface area contributed by atoms with E-state index >= 15 is 0 Å². The van der Waals surface area contributed by atoms with E-state index in [9.17, 15) is 9.59 Å². The Hall–Kier alpha value is -1.14. The first kappa shape index (κ1) is 15.9. The van der Waals surface area contributed by atoms with Gasteiger partial charge < -0.3 is 20.7 Å². The van der Waals surface area contributed by atoms with Crippen molar-refractivity contribution in [3.05, 3.63) is 0 Å². The lowest BCUT2D eigenvalue weighted by Crippen LogP contribution is -2.53. The van der Waals surface area contributed by atoms with Crippen molar-refractivity contribution >= 4 is 11.8 Å². The molecule has 1 fully saturated rings. The Morgan fingerprint density at radius 3 is 2.58 bits per heavy atom. The predicted molar refractivity (Wildman–Crippen MR) is 72.5 cm³/mol. The fraction of sp³-hybridized carbons (Fsp3) is 0.846. The molecule has 1 rings (SSSR count). The smallest absolute Gasteiger partial charge is 0.245 e. The quantitative estimate of drug-likeness (QED) is 0.704. The van der Waals surface area contributed by atoms with E-state index in [1.54, 1.807) is 11.8 Å². The van der Waals surface area contributed by atoms with E-state index in [1.807, 2.05) is 0 Å². The van der Waals surface area contributed by atoms with E-state index in [-0.39, 0.29) is 11.8 Å². The molecule has 2 atom stereocenters. The average molecular weight is 271 g/mol. The lowest BCUT2D eigenvalue weighted by molar-refractivity contribution is -0.139. The SMILES string of the molecule is CCCC[C@H](N)C(=O)NC(C)C(=O)N1CCOCC1. The summed E-state index contributed by atoms with van der Waals surface area (Å²) < 4.78 is 5.19. The minimum atomic E-state index is -0.529. The number of nitrogens with one attached hydrogen (secondary N) is 1. The first-order valence-corrected chi connectivity index (χ1v) is 6.98. The summed E-state index contributed by atoms with van der Waals surface area (Å²) in [5, 5.41) is 2.69. The second-order valence-electron chi connectivity index (χ2n) is 4.92. The van der Waals surface area contributed by atoms with Crippen LogP contribution in [0.25, 0.3) is 0 Å². The van der Waals surface area contributed by atoms with Crippen LogP contribution in [0.2, 0.25) is 0 Å². The summed E-state index contributed by atoms with van der Waals surface area (Å²) >= 11 is 0. The summed E-state index contributed by atoms with van der Waals surface area (Å²) in [5.41, 5.74) is 5.77. The molecule has 0 aliphatic carbocycles. The predicted octanol–water partition coefficient (Wildman–Crippen LogP) is -0.133. The Labute approximate surface area is 114 Å². The number of rotatable bonds is 6. The Balaban J connectivity index is 2.37. The van der Waals surface area contributed by atoms with Crippen molar-refractivity contribution in [1.82, 2.24) is 10.2 Å². The van der Waals surface area contributed by atoms with Crippen LogP contribution in [0.15, 0.2) is 0 Å². The number of unbranched alkanes of at least 4 members (excludes halogenated alkanes) is 1. The van der Waals surface area contributed by atoms with Gasteiger partial charge in [-0.05, 0) is 13.3 Å². The van der Waals surface area contributed by atoms with Crippen LogP contribution in [-0.2, 0) is 14.3 Å². The summed E-state index contributed by atoms with van der Waals surface area (Å²) in [5.74, 6) is -0.318. The number of ether oxygens (including phenoxy) is 1. The lowest BCUT2D eigenvalue weighted by Gasteiger charge is -2.29. The third kappa shape index (κ3) is 5.16. The number of carbonyl (C=O) groups is 2. The zero-order chi connectivity index (χ0) is 14.3. The highest BCUT2D eigenvalue weighted by Gasteiger charge is 2.25. The van der Waals surface area contributed by atoms with Gasteiger partial charge in [0.15, 0.2) is 0 Å². The Morgan fingerprint density at radius 1 is 1.37 bits per heavy atom. The summed E-state index contributed by atoms with van der Waals surface area (Å²) in [6.07, 6.45) is 2.57. The molecular formula is C13H25N3O3. The van der Waals surface area contributed by atoms with Gasteiger partial charge in [0.2, 0.25) is 11.8 Å². The number of morpholine rings is 1. The number of nitrogens with two attached hydrogens (primary N) is 1. The minimum Gasteiger partial charge on any atom is -0.378 e. The van der Waals surface area contributed by atoms with Gasteiger partial charge >= 0.3 is 0 Å². The molecule has 6 nitrogen and oxygen atoms in total. The van der Waals surface area contributed by atoms with Gasteiger partial charge in [0.05, 0.1) is 19.3 Å². The zero-order valence-corrected chi connectivity index (χ0v) is 11.9. The highest BCUT2D eigenvalue weighted by molar-refractivity contribution is 5.89. The maximum absolute atomic E-state index is 12.1. The third-order valence-corrected chi connectivity index (χ3v) is 3.26. The Kier molecular flexibility index (Phi) is 6.80. The van der Waals surface area contributed by atoms with Crippen molar-refractivity contribution in [3.63, 3.8) is 0 Å². The molecule has 0 aromatic carbocycles. The van der Waals surface area contributed by atoms with Gasteiger partial charge in [0, 0.05) is 13.1 Å². The van der Waals surface area contributed by atoms with E-state index in [1.165, 1.54) is 0 Å². The first-order chi connectivity index (χ1) is 9.06. The topological polar surface area (TPSA) is 84.7 Å². The first-order valence-electron chi connectivity index (χ1n) is 6.98. The van der Waals surface area contributed by atoms with Gasteiger partial charge in [-0.15, -0.1) is 0 Å². The molecule has 0 aromatic rings. The van der Waals surface area contributed by atoms with Crippen molar-refractivity contribution in [2.75, 3.05) is 26.3 Å². The molecule has 1 aliphatic heterocycles. The van der Waals surface area contributed by atoms with Gasteiger partial charge in [-0.3, -0.25) is 9.59 Å². The number of hydrogen-bond acceptors (Lipinski definition) is 4. The monoisotopic (exact) mass is 271 g/mol. The van der Waals surface area contributed by atoms with E-state index in [2.05, 4.69) is 12.2 Å². The standard InChI is InChI=1S/C13H25N3O3/c1-3-4-5-11(14)12(17)15-10(2)13(18)16-6-8-19-9-7-16/h10-11H,3-9,14H2,1-2H3,(H,15,17)/t10?,11-/m0/s1. The van der Waals surface area contributed by atoms with Gasteiger partial charge in [-0.1, -0.05) is 19.8 Å². The maximum atomic E-state index is 12.1. The van der Waals surface area contributed by atoms with Crippen molar-refractivity contribution in [3.8, 4) is 0 Å². The lowest BCUT2D eigenvalue weighted by atomic mass is 10.1. The summed E-state index contributed by atoms with van der Waals surface area (Å²) in [6.45, 7) is 6.03. The van der Waals surface area contributed by atoms with Crippen LogP contribution < -0.4 is 11.1 Å².